The zero-order chi connectivity index (χ0) is 16.7. The van der Waals surface area contributed by atoms with Crippen molar-refractivity contribution in [3.8, 4) is 0 Å². The van der Waals surface area contributed by atoms with Crippen molar-refractivity contribution in [3.63, 3.8) is 0 Å². The highest BCUT2D eigenvalue weighted by atomic mass is 32.1. The van der Waals surface area contributed by atoms with E-state index in [1.807, 2.05) is 19.9 Å². The largest absolute Gasteiger partial charge is 0.478 e. The number of pyridine rings is 1. The van der Waals surface area contributed by atoms with E-state index in [9.17, 15) is 14.7 Å². The summed E-state index contributed by atoms with van der Waals surface area (Å²) in [5.41, 5.74) is 1.01. The summed E-state index contributed by atoms with van der Waals surface area (Å²) in [6.45, 7) is 8.89. The molecule has 0 radical (unpaired) electrons. The number of carbonyl (C=O) groups is 2. The first-order valence-corrected chi connectivity index (χ1v) is 7.54. The van der Waals surface area contributed by atoms with Gasteiger partial charge in [-0.1, -0.05) is 11.3 Å². The second-order valence-corrected chi connectivity index (χ2v) is 7.00. The second kappa shape index (κ2) is 5.57. The minimum atomic E-state index is -1.11. The number of aromatic carboxylic acids is 1. The van der Waals surface area contributed by atoms with Crippen molar-refractivity contribution in [2.45, 2.75) is 40.2 Å². The predicted octanol–water partition coefficient (Wildman–Crippen LogP) is 3.96. The summed E-state index contributed by atoms with van der Waals surface area (Å²) in [5.74, 6) is -1.11. The molecule has 7 heteroatoms. The molecule has 0 saturated heterocycles. The van der Waals surface area contributed by atoms with Crippen LogP contribution in [0.1, 0.15) is 42.4 Å². The summed E-state index contributed by atoms with van der Waals surface area (Å²) in [5, 5.41) is 12.8. The molecule has 0 atom stereocenters. The standard InChI is InChI=1S/C15H18N2O4S/c1-7-6-8(2)16-11-9(7)10(13(18)19)12(22-11)17-14(20)21-15(3,4)5/h6H,1-5H3,(H,17,20)(H,18,19). The lowest BCUT2D eigenvalue weighted by atomic mass is 10.1. The van der Waals surface area contributed by atoms with E-state index in [0.29, 0.717) is 10.2 Å². The Balaban J connectivity index is 2.50. The van der Waals surface area contributed by atoms with Gasteiger partial charge in [0.05, 0.1) is 0 Å². The summed E-state index contributed by atoms with van der Waals surface area (Å²) in [6.07, 6.45) is -0.684. The number of carboxylic acids is 1. The molecule has 22 heavy (non-hydrogen) atoms. The SMILES string of the molecule is Cc1cc(C)c2c(C(=O)O)c(NC(=O)OC(C)(C)C)sc2n1. The number of nitrogens with one attached hydrogen (secondary N) is 1. The third-order valence-corrected chi connectivity index (χ3v) is 3.81. The van der Waals surface area contributed by atoms with Gasteiger partial charge < -0.3 is 9.84 Å². The number of carbonyl (C=O) groups excluding carboxylic acids is 1. The number of carboxylic acid groups (broad SMARTS) is 1. The van der Waals surface area contributed by atoms with Crippen LogP contribution < -0.4 is 5.32 Å². The number of hydrogen-bond donors (Lipinski definition) is 2. The molecule has 1 amide bonds. The first kappa shape index (κ1) is 16.2. The number of aryl methyl sites for hydroxylation is 2. The number of hydrogen-bond acceptors (Lipinski definition) is 5. The molecule has 0 bridgehead atoms. The van der Waals surface area contributed by atoms with Crippen LogP contribution in [0.25, 0.3) is 10.2 Å². The molecular weight excluding hydrogens is 304 g/mol. The molecule has 2 N–H and O–H groups in total. The van der Waals surface area contributed by atoms with Crippen LogP contribution in [0, 0.1) is 13.8 Å². The molecule has 0 aliphatic carbocycles. The molecule has 2 rings (SSSR count). The zero-order valence-corrected chi connectivity index (χ0v) is 13.9. The number of nitrogens with zero attached hydrogens (tertiary/aromatic N) is 1. The van der Waals surface area contributed by atoms with Gasteiger partial charge in [0.1, 0.15) is 21.0 Å². The maximum Gasteiger partial charge on any atom is 0.412 e. The van der Waals surface area contributed by atoms with Gasteiger partial charge in [0.2, 0.25) is 0 Å². The van der Waals surface area contributed by atoms with Gasteiger partial charge in [0.25, 0.3) is 0 Å². The van der Waals surface area contributed by atoms with Crippen LogP contribution in [0.4, 0.5) is 9.80 Å². The van der Waals surface area contributed by atoms with E-state index in [2.05, 4.69) is 10.3 Å². The summed E-state index contributed by atoms with van der Waals surface area (Å²) >= 11 is 1.13. The lowest BCUT2D eigenvalue weighted by molar-refractivity contribution is 0.0636. The topological polar surface area (TPSA) is 88.5 Å². The van der Waals surface area contributed by atoms with E-state index < -0.39 is 17.7 Å². The minimum Gasteiger partial charge on any atom is -0.478 e. The van der Waals surface area contributed by atoms with Gasteiger partial charge in [-0.15, -0.1) is 0 Å². The molecule has 118 valence electrons. The van der Waals surface area contributed by atoms with Crippen LogP contribution >= 0.6 is 11.3 Å². The third kappa shape index (κ3) is 3.36. The van der Waals surface area contributed by atoms with Gasteiger partial charge in [-0.3, -0.25) is 5.32 Å². The number of thiophene rings is 1. The molecule has 0 aliphatic rings. The lowest BCUT2D eigenvalue weighted by Crippen LogP contribution is -2.27. The van der Waals surface area contributed by atoms with Crippen molar-refractivity contribution in [3.05, 3.63) is 22.9 Å². The van der Waals surface area contributed by atoms with Crippen LogP contribution in [0.3, 0.4) is 0 Å². The number of fused-ring (bicyclic) bond motifs is 1. The zero-order valence-electron chi connectivity index (χ0n) is 13.1. The number of anilines is 1. The number of aromatic nitrogens is 1. The van der Waals surface area contributed by atoms with Crippen molar-refractivity contribution in [2.24, 2.45) is 0 Å². The van der Waals surface area contributed by atoms with E-state index in [1.54, 1.807) is 20.8 Å². The van der Waals surface area contributed by atoms with E-state index in [1.165, 1.54) is 0 Å². The normalized spacial score (nSPS) is 11.5. The smallest absolute Gasteiger partial charge is 0.412 e. The summed E-state index contributed by atoms with van der Waals surface area (Å²) in [4.78, 5) is 28.4. The minimum absolute atomic E-state index is 0.0517. The lowest BCUT2D eigenvalue weighted by Gasteiger charge is -2.19. The first-order chi connectivity index (χ1) is 10.1. The van der Waals surface area contributed by atoms with Crippen molar-refractivity contribution in [1.82, 2.24) is 4.98 Å². The Kier molecular flexibility index (Phi) is 4.10. The highest BCUT2D eigenvalue weighted by molar-refractivity contribution is 7.23. The molecule has 6 nitrogen and oxygen atoms in total. The van der Waals surface area contributed by atoms with Gasteiger partial charge >= 0.3 is 12.1 Å². The van der Waals surface area contributed by atoms with Gasteiger partial charge in [-0.2, -0.15) is 0 Å². The van der Waals surface area contributed by atoms with E-state index in [-0.39, 0.29) is 10.6 Å². The van der Waals surface area contributed by atoms with E-state index >= 15 is 0 Å². The Morgan fingerprint density at radius 1 is 1.32 bits per heavy atom. The van der Waals surface area contributed by atoms with Crippen LogP contribution in [0.5, 0.6) is 0 Å². The fourth-order valence-electron chi connectivity index (χ4n) is 2.13. The Labute approximate surface area is 132 Å². The Morgan fingerprint density at radius 3 is 2.50 bits per heavy atom. The van der Waals surface area contributed by atoms with Crippen LogP contribution in [-0.2, 0) is 4.74 Å². The molecular formula is C15H18N2O4S. The number of rotatable bonds is 2. The molecule has 0 aromatic carbocycles. The van der Waals surface area contributed by atoms with Crippen molar-refractivity contribution < 1.29 is 19.4 Å². The maximum absolute atomic E-state index is 11.9. The number of ether oxygens (including phenoxy) is 1. The van der Waals surface area contributed by atoms with Crippen molar-refractivity contribution >= 4 is 38.6 Å². The predicted molar refractivity (Wildman–Crippen MR) is 85.9 cm³/mol. The first-order valence-electron chi connectivity index (χ1n) is 6.72. The van der Waals surface area contributed by atoms with Gasteiger partial charge in [0, 0.05) is 11.1 Å². The highest BCUT2D eigenvalue weighted by Gasteiger charge is 2.24. The van der Waals surface area contributed by atoms with Crippen LogP contribution in [0.15, 0.2) is 6.07 Å². The molecule has 2 aromatic rings. The quantitative estimate of drug-likeness (QED) is 0.873. The molecule has 0 aliphatic heterocycles. The molecule has 0 saturated carbocycles. The van der Waals surface area contributed by atoms with E-state index in [4.69, 9.17) is 4.74 Å². The Morgan fingerprint density at radius 2 is 1.95 bits per heavy atom. The average molecular weight is 322 g/mol. The van der Waals surface area contributed by atoms with Crippen molar-refractivity contribution in [2.75, 3.05) is 5.32 Å². The average Bonchev–Trinajstić information content (AvgIpc) is 2.63. The number of amides is 1. The molecule has 0 fully saturated rings. The van der Waals surface area contributed by atoms with Gasteiger partial charge in [-0.25, -0.2) is 14.6 Å². The molecule has 2 heterocycles. The van der Waals surface area contributed by atoms with Crippen LogP contribution in [-0.4, -0.2) is 27.8 Å². The van der Waals surface area contributed by atoms with Gasteiger partial charge in [0.15, 0.2) is 0 Å². The summed E-state index contributed by atoms with van der Waals surface area (Å²) in [7, 11) is 0. The Hall–Kier alpha value is -2.15. The second-order valence-electron chi connectivity index (χ2n) is 6.00. The van der Waals surface area contributed by atoms with Gasteiger partial charge in [-0.05, 0) is 46.2 Å². The summed E-state index contributed by atoms with van der Waals surface area (Å²) in [6, 6.07) is 1.82. The third-order valence-electron chi connectivity index (χ3n) is 2.82. The van der Waals surface area contributed by atoms with Crippen molar-refractivity contribution in [1.29, 1.82) is 0 Å². The highest BCUT2D eigenvalue weighted by Crippen LogP contribution is 2.37. The fourth-order valence-corrected chi connectivity index (χ4v) is 3.30. The fraction of sp³-hybridized carbons (Fsp3) is 0.400. The molecule has 2 aromatic heterocycles. The Bertz CT molecular complexity index is 759. The van der Waals surface area contributed by atoms with E-state index in [0.717, 1.165) is 22.6 Å². The van der Waals surface area contributed by atoms with Crippen LogP contribution in [0.2, 0.25) is 0 Å². The summed E-state index contributed by atoms with van der Waals surface area (Å²) < 4.78 is 5.17. The molecule has 0 spiro atoms. The maximum atomic E-state index is 11.9. The molecule has 0 unspecified atom stereocenters. The monoisotopic (exact) mass is 322 g/mol.